The van der Waals surface area contributed by atoms with E-state index >= 15 is 0 Å². The number of amidine groups is 1. The van der Waals surface area contributed by atoms with Gasteiger partial charge in [0.05, 0.1) is 12.3 Å². The number of nitrogens with two attached hydrogens (primary N) is 1. The highest BCUT2D eigenvalue weighted by molar-refractivity contribution is 6.09. The van der Waals surface area contributed by atoms with Crippen molar-refractivity contribution in [1.29, 1.82) is 5.41 Å². The molecule has 1 atom stereocenters. The van der Waals surface area contributed by atoms with Crippen LogP contribution >= 0.6 is 0 Å². The number of oxime groups is 1. The SMILES string of the molecule is N=C(N)c1cccc(C2=NOC(CO)(C(=O)Nc3ccc(-c4ccccc4)cc3)C2)c1. The van der Waals surface area contributed by atoms with E-state index in [1.165, 1.54) is 0 Å². The number of carbonyl (C=O) groups excluding carboxylic acids is 1. The molecular formula is C24H22N4O3. The van der Waals surface area contributed by atoms with Crippen LogP contribution in [0.15, 0.2) is 84.0 Å². The van der Waals surface area contributed by atoms with E-state index in [4.69, 9.17) is 16.0 Å². The standard InChI is InChI=1S/C24H22N4O3/c25-22(26)19-8-4-7-18(13-19)21-14-24(15-29,31-28-21)23(30)27-20-11-9-17(10-12-20)16-5-2-1-3-6-16/h1-13,29H,14-15H2,(H3,25,26)(H,27,30). The molecule has 0 bridgehead atoms. The van der Waals surface area contributed by atoms with Crippen molar-refractivity contribution in [3.63, 3.8) is 0 Å². The Bertz CT molecular complexity index is 1140. The first kappa shape index (κ1) is 20.3. The Hall–Kier alpha value is -3.97. The number of rotatable bonds is 6. The molecule has 0 radical (unpaired) electrons. The largest absolute Gasteiger partial charge is 0.392 e. The quantitative estimate of drug-likeness (QED) is 0.366. The van der Waals surface area contributed by atoms with Gasteiger partial charge in [-0.15, -0.1) is 0 Å². The Labute approximate surface area is 179 Å². The van der Waals surface area contributed by atoms with Crippen molar-refractivity contribution in [3.8, 4) is 11.1 Å². The molecule has 1 heterocycles. The molecule has 31 heavy (non-hydrogen) atoms. The first-order chi connectivity index (χ1) is 15.0. The third-order valence-electron chi connectivity index (χ3n) is 5.21. The molecule has 0 saturated carbocycles. The topological polar surface area (TPSA) is 121 Å². The van der Waals surface area contributed by atoms with Crippen LogP contribution in [0.4, 0.5) is 5.69 Å². The van der Waals surface area contributed by atoms with Crippen molar-refractivity contribution in [2.75, 3.05) is 11.9 Å². The number of anilines is 1. The summed E-state index contributed by atoms with van der Waals surface area (Å²) in [7, 11) is 0. The average molecular weight is 414 g/mol. The second-order valence-electron chi connectivity index (χ2n) is 7.35. The van der Waals surface area contributed by atoms with Crippen LogP contribution in [0.3, 0.4) is 0 Å². The molecule has 1 aliphatic rings. The van der Waals surface area contributed by atoms with Crippen molar-refractivity contribution in [2.45, 2.75) is 12.0 Å². The summed E-state index contributed by atoms with van der Waals surface area (Å²) in [6.07, 6.45) is 0.0960. The number of benzene rings is 3. The molecule has 0 fully saturated rings. The molecule has 1 unspecified atom stereocenters. The van der Waals surface area contributed by atoms with Gasteiger partial charge >= 0.3 is 0 Å². The second-order valence-corrected chi connectivity index (χ2v) is 7.35. The highest BCUT2D eigenvalue weighted by Crippen LogP contribution is 2.29. The Kier molecular flexibility index (Phi) is 5.51. The molecule has 4 rings (SSSR count). The Balaban J connectivity index is 1.48. The molecule has 0 spiro atoms. The van der Waals surface area contributed by atoms with E-state index < -0.39 is 18.1 Å². The van der Waals surface area contributed by atoms with Crippen LogP contribution in [0.2, 0.25) is 0 Å². The molecule has 0 aliphatic carbocycles. The molecule has 1 amide bonds. The molecule has 7 heteroatoms. The van der Waals surface area contributed by atoms with Gasteiger partial charge < -0.3 is 21.0 Å². The normalized spacial score (nSPS) is 17.5. The monoisotopic (exact) mass is 414 g/mol. The fourth-order valence-electron chi connectivity index (χ4n) is 3.40. The zero-order valence-electron chi connectivity index (χ0n) is 16.7. The van der Waals surface area contributed by atoms with Crippen LogP contribution < -0.4 is 11.1 Å². The summed E-state index contributed by atoms with van der Waals surface area (Å²) in [5.74, 6) is -0.546. The second kappa shape index (κ2) is 8.41. The highest BCUT2D eigenvalue weighted by atomic mass is 16.7. The van der Waals surface area contributed by atoms with Crippen LogP contribution in [-0.4, -0.2) is 34.8 Å². The van der Waals surface area contributed by atoms with Crippen molar-refractivity contribution >= 4 is 23.1 Å². The van der Waals surface area contributed by atoms with Gasteiger partial charge in [-0.3, -0.25) is 10.2 Å². The summed E-state index contributed by atoms with van der Waals surface area (Å²) in [6.45, 7) is -0.527. The van der Waals surface area contributed by atoms with E-state index in [0.29, 0.717) is 22.5 Å². The summed E-state index contributed by atoms with van der Waals surface area (Å²) in [5.41, 5.74) is 8.47. The predicted molar refractivity (Wildman–Crippen MR) is 120 cm³/mol. The van der Waals surface area contributed by atoms with Crippen molar-refractivity contribution in [3.05, 3.63) is 90.0 Å². The smallest absolute Gasteiger partial charge is 0.274 e. The van der Waals surface area contributed by atoms with E-state index in [9.17, 15) is 9.90 Å². The molecule has 0 aromatic heterocycles. The lowest BCUT2D eigenvalue weighted by atomic mass is 9.93. The summed E-state index contributed by atoms with van der Waals surface area (Å²) in [6, 6.07) is 24.3. The molecular weight excluding hydrogens is 392 g/mol. The minimum Gasteiger partial charge on any atom is -0.392 e. The number of nitrogens with one attached hydrogen (secondary N) is 2. The van der Waals surface area contributed by atoms with Crippen LogP contribution in [-0.2, 0) is 9.63 Å². The van der Waals surface area contributed by atoms with Crippen molar-refractivity contribution < 1.29 is 14.7 Å². The first-order valence-corrected chi connectivity index (χ1v) is 9.78. The lowest BCUT2D eigenvalue weighted by molar-refractivity contribution is -0.143. The lowest BCUT2D eigenvalue weighted by Crippen LogP contribution is -2.46. The van der Waals surface area contributed by atoms with Gasteiger partial charge in [-0.1, -0.05) is 65.8 Å². The summed E-state index contributed by atoms with van der Waals surface area (Å²) in [5, 5.41) is 24.4. The summed E-state index contributed by atoms with van der Waals surface area (Å²) in [4.78, 5) is 18.4. The van der Waals surface area contributed by atoms with Crippen molar-refractivity contribution in [2.24, 2.45) is 10.9 Å². The van der Waals surface area contributed by atoms with Gasteiger partial charge in [0, 0.05) is 23.2 Å². The molecule has 7 nitrogen and oxygen atoms in total. The predicted octanol–water partition coefficient (Wildman–Crippen LogP) is 3.13. The first-order valence-electron chi connectivity index (χ1n) is 9.78. The maximum atomic E-state index is 13.0. The average Bonchev–Trinajstić information content (AvgIpc) is 3.26. The Morgan fingerprint density at radius 2 is 1.71 bits per heavy atom. The van der Waals surface area contributed by atoms with Crippen LogP contribution in [0.5, 0.6) is 0 Å². The fraction of sp³-hybridized carbons (Fsp3) is 0.125. The zero-order chi connectivity index (χ0) is 21.8. The number of hydrogen-bond donors (Lipinski definition) is 4. The Morgan fingerprint density at radius 3 is 2.39 bits per heavy atom. The number of nitrogens with zero attached hydrogens (tertiary/aromatic N) is 1. The van der Waals surface area contributed by atoms with Gasteiger partial charge in [-0.05, 0) is 29.3 Å². The van der Waals surface area contributed by atoms with E-state index in [1.54, 1.807) is 36.4 Å². The van der Waals surface area contributed by atoms with Gasteiger partial charge in [0.25, 0.3) is 5.91 Å². The van der Waals surface area contributed by atoms with Gasteiger partial charge in [0.1, 0.15) is 5.84 Å². The van der Waals surface area contributed by atoms with Gasteiger partial charge in [-0.2, -0.15) is 0 Å². The number of carbonyl (C=O) groups is 1. The summed E-state index contributed by atoms with van der Waals surface area (Å²) >= 11 is 0. The van der Waals surface area contributed by atoms with Crippen molar-refractivity contribution in [1.82, 2.24) is 0 Å². The number of amides is 1. The van der Waals surface area contributed by atoms with Crippen LogP contribution in [0.25, 0.3) is 11.1 Å². The molecule has 3 aromatic rings. The third kappa shape index (κ3) is 4.17. The fourth-order valence-corrected chi connectivity index (χ4v) is 3.40. The maximum absolute atomic E-state index is 13.0. The third-order valence-corrected chi connectivity index (χ3v) is 5.21. The zero-order valence-corrected chi connectivity index (χ0v) is 16.7. The molecule has 1 aliphatic heterocycles. The number of hydrogen-bond acceptors (Lipinski definition) is 5. The number of aliphatic hydroxyl groups is 1. The number of nitrogen functional groups attached to an aromatic ring is 1. The van der Waals surface area contributed by atoms with E-state index in [2.05, 4.69) is 10.5 Å². The minimum atomic E-state index is -1.51. The van der Waals surface area contributed by atoms with Gasteiger partial charge in [0.15, 0.2) is 0 Å². The van der Waals surface area contributed by atoms with Gasteiger partial charge in [-0.25, -0.2) is 0 Å². The number of aliphatic hydroxyl groups excluding tert-OH is 1. The highest BCUT2D eigenvalue weighted by Gasteiger charge is 2.46. The lowest BCUT2D eigenvalue weighted by Gasteiger charge is -2.23. The molecule has 5 N–H and O–H groups in total. The van der Waals surface area contributed by atoms with E-state index in [1.807, 2.05) is 42.5 Å². The van der Waals surface area contributed by atoms with Crippen LogP contribution in [0.1, 0.15) is 17.5 Å². The molecule has 156 valence electrons. The Morgan fingerprint density at radius 1 is 1.03 bits per heavy atom. The van der Waals surface area contributed by atoms with E-state index in [-0.39, 0.29) is 12.3 Å². The molecule has 0 saturated heterocycles. The van der Waals surface area contributed by atoms with Gasteiger partial charge in [0.2, 0.25) is 5.60 Å². The van der Waals surface area contributed by atoms with E-state index in [0.717, 1.165) is 11.1 Å². The molecule has 3 aromatic carbocycles. The van der Waals surface area contributed by atoms with Crippen LogP contribution in [0, 0.1) is 5.41 Å². The minimum absolute atomic E-state index is 0.0634. The maximum Gasteiger partial charge on any atom is 0.274 e. The summed E-state index contributed by atoms with van der Waals surface area (Å²) < 4.78 is 0.